The van der Waals surface area contributed by atoms with E-state index < -0.39 is 55.1 Å². The van der Waals surface area contributed by atoms with E-state index in [2.05, 4.69) is 13.0 Å². The molecule has 3 saturated carbocycles. The molecule has 4 aliphatic carbocycles. The van der Waals surface area contributed by atoms with Crippen molar-refractivity contribution in [2.24, 2.45) is 34.5 Å². The summed E-state index contributed by atoms with van der Waals surface area (Å²) in [7, 11) is 0. The number of hydrogen-bond acceptors (Lipinski definition) is 2. The van der Waals surface area contributed by atoms with Gasteiger partial charge in [-0.2, -0.15) is 39.5 Å². The molecule has 3 nitrogen and oxygen atoms in total. The Morgan fingerprint density at radius 3 is 2.06 bits per heavy atom. The Kier molecular flexibility index (Phi) is 11.2. The van der Waals surface area contributed by atoms with Crippen LogP contribution in [0.4, 0.5) is 39.5 Å². The number of carboxylic acids is 1. The summed E-state index contributed by atoms with van der Waals surface area (Å²) in [6.07, 6.45) is 5.90. The third kappa shape index (κ3) is 7.25. The number of rotatable bonds is 17. The van der Waals surface area contributed by atoms with Crippen molar-refractivity contribution in [3.8, 4) is 5.75 Å². The maximum Gasteiger partial charge on any atom is 0.460 e. The zero-order valence-corrected chi connectivity index (χ0v) is 28.8. The Morgan fingerprint density at radius 2 is 1.44 bits per heavy atom. The molecule has 0 heterocycles. The van der Waals surface area contributed by atoms with Gasteiger partial charge in [0, 0.05) is 6.42 Å². The largest absolute Gasteiger partial charge is 0.508 e. The molecule has 6 atom stereocenters. The molecule has 284 valence electrons. The first kappa shape index (κ1) is 39.1. The first-order valence-electron chi connectivity index (χ1n) is 18.5. The maximum atomic E-state index is 13.8. The third-order valence-corrected chi connectivity index (χ3v) is 13.5. The number of hydrogen-bond donors (Lipinski definition) is 2. The van der Waals surface area contributed by atoms with Gasteiger partial charge in [0.05, 0.1) is 5.92 Å². The van der Waals surface area contributed by atoms with Crippen LogP contribution in [0, 0.1) is 34.5 Å². The van der Waals surface area contributed by atoms with E-state index >= 15 is 0 Å². The summed E-state index contributed by atoms with van der Waals surface area (Å²) in [6.45, 7) is 2.57. The van der Waals surface area contributed by atoms with Gasteiger partial charge < -0.3 is 10.2 Å². The van der Waals surface area contributed by atoms with Crippen LogP contribution in [-0.4, -0.2) is 40.1 Å². The van der Waals surface area contributed by atoms with E-state index in [1.165, 1.54) is 49.7 Å². The number of alkyl halides is 9. The van der Waals surface area contributed by atoms with E-state index in [0.717, 1.165) is 50.9 Å². The Hall–Kier alpha value is -2.14. The molecule has 1 spiro atoms. The fraction of sp³-hybridized carbons (Fsp3) is 0.816. The molecule has 0 saturated heterocycles. The van der Waals surface area contributed by atoms with Crippen molar-refractivity contribution in [2.45, 2.75) is 159 Å². The molecule has 3 fully saturated rings. The van der Waals surface area contributed by atoms with Crippen LogP contribution in [0.15, 0.2) is 18.2 Å². The van der Waals surface area contributed by atoms with Crippen molar-refractivity contribution in [1.82, 2.24) is 0 Å². The molecule has 0 aliphatic heterocycles. The summed E-state index contributed by atoms with van der Waals surface area (Å²) in [5, 5.41) is 19.7. The summed E-state index contributed by atoms with van der Waals surface area (Å²) in [6, 6.07) is 5.96. The third-order valence-electron chi connectivity index (χ3n) is 13.5. The highest BCUT2D eigenvalue weighted by atomic mass is 19.4. The lowest BCUT2D eigenvalue weighted by Crippen LogP contribution is -2.60. The fourth-order valence-electron chi connectivity index (χ4n) is 10.5. The molecular weight excluding hydrogens is 675 g/mol. The van der Waals surface area contributed by atoms with E-state index in [4.69, 9.17) is 0 Å². The molecule has 0 radical (unpaired) electrons. The van der Waals surface area contributed by atoms with Crippen LogP contribution in [0.5, 0.6) is 5.75 Å². The summed E-state index contributed by atoms with van der Waals surface area (Å²) in [5.74, 6) is -18.9. The van der Waals surface area contributed by atoms with Crippen molar-refractivity contribution in [3.05, 3.63) is 29.3 Å². The highest BCUT2D eigenvalue weighted by Gasteiger charge is 2.81. The van der Waals surface area contributed by atoms with Crippen LogP contribution in [0.1, 0.15) is 140 Å². The molecule has 1 aromatic carbocycles. The van der Waals surface area contributed by atoms with Crippen LogP contribution < -0.4 is 0 Å². The number of carboxylic acid groups (broad SMARTS) is 1. The SMILES string of the molecule is C[C@]12CCC3c4ccc(O)cc4C[C@@H](CCCCCCCCCC(CCCC(F)(F)C(F)(F)C(F)(F)C(F)(F)F)C(=O)O)C3C1CCC21CC1. The Morgan fingerprint density at radius 1 is 0.820 bits per heavy atom. The second-order valence-electron chi connectivity index (χ2n) is 16.2. The van der Waals surface area contributed by atoms with E-state index in [1.807, 2.05) is 12.1 Å². The quantitative estimate of drug-likeness (QED) is 0.124. The number of carbonyl (C=O) groups is 1. The van der Waals surface area contributed by atoms with Crippen molar-refractivity contribution >= 4 is 5.97 Å². The molecule has 2 N–H and O–H groups in total. The van der Waals surface area contributed by atoms with Crippen molar-refractivity contribution in [3.63, 3.8) is 0 Å². The molecule has 4 unspecified atom stereocenters. The molecule has 0 amide bonds. The number of aromatic hydroxyl groups is 1. The standard InChI is InChI=1S/C38H51F9O3/c1-33-18-15-29-28-14-13-27(48)23-26(28)22-25(31(29)30(33)16-19-34(33)20-21-34)11-8-6-4-2-3-5-7-10-24(32(49)50)12-9-17-35(39,40)36(41,42)37(43,44)38(45,46)47/h13-14,23-25,29-31,48H,2-12,15-22H2,1H3,(H,49,50)/t24?,25-,29?,30?,31?,33+/m1/s1. The molecule has 4 aliphatic rings. The summed E-state index contributed by atoms with van der Waals surface area (Å²) in [5.41, 5.74) is 3.75. The van der Waals surface area contributed by atoms with Crippen LogP contribution in [-0.2, 0) is 11.2 Å². The highest BCUT2D eigenvalue weighted by molar-refractivity contribution is 5.69. The molecule has 50 heavy (non-hydrogen) atoms. The predicted octanol–water partition coefficient (Wildman–Crippen LogP) is 12.1. The van der Waals surface area contributed by atoms with Crippen molar-refractivity contribution in [1.29, 1.82) is 0 Å². The van der Waals surface area contributed by atoms with Crippen LogP contribution in [0.3, 0.4) is 0 Å². The topological polar surface area (TPSA) is 57.5 Å². The van der Waals surface area contributed by atoms with Crippen LogP contribution >= 0.6 is 0 Å². The summed E-state index contributed by atoms with van der Waals surface area (Å²) < 4.78 is 118. The predicted molar refractivity (Wildman–Crippen MR) is 171 cm³/mol. The Labute approximate surface area is 288 Å². The monoisotopic (exact) mass is 726 g/mol. The van der Waals surface area contributed by atoms with E-state index in [0.29, 0.717) is 47.2 Å². The number of unbranched alkanes of at least 4 members (excludes halogenated alkanes) is 6. The van der Waals surface area contributed by atoms with Gasteiger partial charge in [-0.05, 0) is 128 Å². The molecular formula is C38H51F9O3. The first-order chi connectivity index (χ1) is 23.3. The smallest absolute Gasteiger partial charge is 0.460 e. The van der Waals surface area contributed by atoms with Crippen LogP contribution in [0.2, 0.25) is 0 Å². The lowest BCUT2D eigenvalue weighted by Gasteiger charge is -2.54. The van der Waals surface area contributed by atoms with Crippen molar-refractivity contribution in [2.75, 3.05) is 0 Å². The van der Waals surface area contributed by atoms with Gasteiger partial charge in [0.25, 0.3) is 0 Å². The minimum Gasteiger partial charge on any atom is -0.508 e. The van der Waals surface area contributed by atoms with Crippen LogP contribution in [0.25, 0.3) is 0 Å². The minimum atomic E-state index is -6.93. The van der Waals surface area contributed by atoms with E-state index in [9.17, 15) is 54.5 Å². The Balaban J connectivity index is 1.02. The highest BCUT2D eigenvalue weighted by Crippen LogP contribution is 2.76. The molecule has 0 aromatic heterocycles. The number of phenols is 1. The Bertz CT molecular complexity index is 1340. The summed E-state index contributed by atoms with van der Waals surface area (Å²) >= 11 is 0. The number of halogens is 9. The zero-order chi connectivity index (χ0) is 36.8. The average Bonchev–Trinajstić information content (AvgIpc) is 3.77. The molecule has 12 heteroatoms. The van der Waals surface area contributed by atoms with Gasteiger partial charge in [-0.3, -0.25) is 4.79 Å². The second kappa shape index (κ2) is 14.4. The lowest BCUT2D eigenvalue weighted by atomic mass is 9.50. The van der Waals surface area contributed by atoms with E-state index in [-0.39, 0.29) is 6.42 Å². The van der Waals surface area contributed by atoms with Gasteiger partial charge in [-0.1, -0.05) is 57.9 Å². The number of phenolic OH excluding ortho intramolecular Hbond substituents is 1. The maximum absolute atomic E-state index is 13.8. The summed E-state index contributed by atoms with van der Waals surface area (Å²) in [4.78, 5) is 11.6. The van der Waals surface area contributed by atoms with Crippen molar-refractivity contribution < 1.29 is 54.5 Å². The fourth-order valence-corrected chi connectivity index (χ4v) is 10.5. The number of benzene rings is 1. The average molecular weight is 727 g/mol. The van der Waals surface area contributed by atoms with Gasteiger partial charge in [0.1, 0.15) is 5.75 Å². The van der Waals surface area contributed by atoms with Gasteiger partial charge in [0.2, 0.25) is 0 Å². The number of aliphatic carboxylic acids is 1. The molecule has 5 rings (SSSR count). The lowest BCUT2D eigenvalue weighted by molar-refractivity contribution is -0.396. The first-order valence-corrected chi connectivity index (χ1v) is 18.5. The zero-order valence-electron chi connectivity index (χ0n) is 28.8. The normalized spacial score (nSPS) is 28.2. The number of fused-ring (bicyclic) bond motifs is 6. The van der Waals surface area contributed by atoms with E-state index in [1.54, 1.807) is 0 Å². The van der Waals surface area contributed by atoms with Gasteiger partial charge in [-0.25, -0.2) is 0 Å². The molecule has 0 bridgehead atoms. The van der Waals surface area contributed by atoms with Gasteiger partial charge >= 0.3 is 29.9 Å². The van der Waals surface area contributed by atoms with Gasteiger partial charge in [-0.15, -0.1) is 0 Å². The van der Waals surface area contributed by atoms with Gasteiger partial charge in [0.15, 0.2) is 0 Å². The molecule has 1 aromatic rings. The second-order valence-corrected chi connectivity index (χ2v) is 16.2. The minimum absolute atomic E-state index is 0.0681.